The van der Waals surface area contributed by atoms with E-state index in [0.29, 0.717) is 6.54 Å². The molecule has 0 heterocycles. The highest BCUT2D eigenvalue weighted by atomic mass is 19.1. The van der Waals surface area contributed by atoms with Crippen molar-refractivity contribution in [2.24, 2.45) is 0 Å². The molecule has 114 valence electrons. The second-order valence-electron chi connectivity index (χ2n) is 4.53. The van der Waals surface area contributed by atoms with Crippen molar-refractivity contribution in [1.82, 2.24) is 10.6 Å². The van der Waals surface area contributed by atoms with Gasteiger partial charge in [-0.1, -0.05) is 30.3 Å². The number of urea groups is 1. The summed E-state index contributed by atoms with van der Waals surface area (Å²) in [5, 5.41) is 5.28. The van der Waals surface area contributed by atoms with Crippen molar-refractivity contribution in [2.75, 3.05) is 7.11 Å². The first-order valence-corrected chi connectivity index (χ1v) is 6.77. The third-order valence-electron chi connectivity index (χ3n) is 2.98. The average Bonchev–Trinajstić information content (AvgIpc) is 2.55. The summed E-state index contributed by atoms with van der Waals surface area (Å²) < 4.78 is 18.0. The Bertz CT molecular complexity index is 654. The van der Waals surface area contributed by atoms with Crippen LogP contribution in [-0.2, 0) is 6.54 Å². The van der Waals surface area contributed by atoms with Crippen molar-refractivity contribution in [3.05, 3.63) is 71.7 Å². The first-order chi connectivity index (χ1) is 10.7. The summed E-state index contributed by atoms with van der Waals surface area (Å²) >= 11 is 0. The minimum atomic E-state index is -0.338. The van der Waals surface area contributed by atoms with Crippen LogP contribution in [0.15, 0.2) is 54.7 Å². The number of hydrogen-bond donors (Lipinski definition) is 2. The van der Waals surface area contributed by atoms with E-state index in [2.05, 4.69) is 10.6 Å². The molecule has 0 bridgehead atoms. The van der Waals surface area contributed by atoms with Gasteiger partial charge in [-0.3, -0.25) is 0 Å². The molecule has 0 spiro atoms. The minimum Gasteiger partial charge on any atom is -0.496 e. The van der Waals surface area contributed by atoms with E-state index < -0.39 is 0 Å². The SMILES string of the molecule is COc1ccccc1/C=C/NC(=O)NCc1ccc(F)cc1. The molecule has 22 heavy (non-hydrogen) atoms. The zero-order chi connectivity index (χ0) is 15.8. The Morgan fingerprint density at radius 3 is 2.64 bits per heavy atom. The smallest absolute Gasteiger partial charge is 0.319 e. The molecule has 4 nitrogen and oxygen atoms in total. The van der Waals surface area contributed by atoms with Crippen LogP contribution in [0.5, 0.6) is 5.75 Å². The van der Waals surface area contributed by atoms with E-state index in [1.54, 1.807) is 25.3 Å². The molecule has 0 unspecified atom stereocenters. The van der Waals surface area contributed by atoms with Crippen LogP contribution in [0.25, 0.3) is 6.08 Å². The molecule has 0 saturated carbocycles. The number of carbonyl (C=O) groups excluding carboxylic acids is 1. The number of halogens is 1. The number of ether oxygens (including phenoxy) is 1. The van der Waals surface area contributed by atoms with Gasteiger partial charge in [-0.05, 0) is 29.8 Å². The fourth-order valence-corrected chi connectivity index (χ4v) is 1.85. The summed E-state index contributed by atoms with van der Waals surface area (Å²) in [6.45, 7) is 0.328. The summed E-state index contributed by atoms with van der Waals surface area (Å²) in [6.07, 6.45) is 3.29. The van der Waals surface area contributed by atoms with Crippen molar-refractivity contribution in [2.45, 2.75) is 6.54 Å². The number of methoxy groups -OCH3 is 1. The van der Waals surface area contributed by atoms with E-state index in [0.717, 1.165) is 16.9 Å². The Kier molecular flexibility index (Phi) is 5.54. The molecule has 0 saturated heterocycles. The van der Waals surface area contributed by atoms with Gasteiger partial charge in [0.25, 0.3) is 0 Å². The van der Waals surface area contributed by atoms with Crippen molar-refractivity contribution in [3.63, 3.8) is 0 Å². The molecule has 0 aromatic heterocycles. The van der Waals surface area contributed by atoms with E-state index in [1.165, 1.54) is 18.3 Å². The molecule has 2 N–H and O–H groups in total. The van der Waals surface area contributed by atoms with Gasteiger partial charge in [0.2, 0.25) is 0 Å². The predicted octanol–water partition coefficient (Wildman–Crippen LogP) is 3.30. The third-order valence-corrected chi connectivity index (χ3v) is 2.98. The molecular weight excluding hydrogens is 283 g/mol. The summed E-state index contributed by atoms with van der Waals surface area (Å²) in [6, 6.07) is 13.1. The predicted molar refractivity (Wildman–Crippen MR) is 83.8 cm³/mol. The largest absolute Gasteiger partial charge is 0.496 e. The molecule has 5 heteroatoms. The van der Waals surface area contributed by atoms with Crippen LogP contribution in [0.1, 0.15) is 11.1 Å². The van der Waals surface area contributed by atoms with E-state index in [4.69, 9.17) is 4.74 Å². The minimum absolute atomic E-state index is 0.298. The summed E-state index contributed by atoms with van der Waals surface area (Å²) in [7, 11) is 1.59. The Morgan fingerprint density at radius 2 is 1.91 bits per heavy atom. The Balaban J connectivity index is 1.82. The number of rotatable bonds is 5. The van der Waals surface area contributed by atoms with Gasteiger partial charge in [0.05, 0.1) is 7.11 Å². The molecule has 0 aliphatic rings. The lowest BCUT2D eigenvalue weighted by Gasteiger charge is -2.05. The molecule has 2 rings (SSSR count). The second-order valence-corrected chi connectivity index (χ2v) is 4.53. The average molecular weight is 300 g/mol. The second kappa shape index (κ2) is 7.83. The monoisotopic (exact) mass is 300 g/mol. The Hall–Kier alpha value is -2.82. The fourth-order valence-electron chi connectivity index (χ4n) is 1.85. The Morgan fingerprint density at radius 1 is 1.18 bits per heavy atom. The standard InChI is InChI=1S/C17H17FN2O2/c1-22-16-5-3-2-4-14(16)10-11-19-17(21)20-12-13-6-8-15(18)9-7-13/h2-11H,12H2,1H3,(H2,19,20,21)/b11-10+. The molecule has 0 aliphatic heterocycles. The number of nitrogens with one attached hydrogen (secondary N) is 2. The van der Waals surface area contributed by atoms with Gasteiger partial charge in [0, 0.05) is 18.3 Å². The molecular formula is C17H17FN2O2. The van der Waals surface area contributed by atoms with E-state index >= 15 is 0 Å². The van der Waals surface area contributed by atoms with E-state index in [-0.39, 0.29) is 11.8 Å². The first-order valence-electron chi connectivity index (χ1n) is 6.77. The van der Waals surface area contributed by atoms with Gasteiger partial charge >= 0.3 is 6.03 Å². The molecule has 0 fully saturated rings. The van der Waals surface area contributed by atoms with Crippen molar-refractivity contribution in [3.8, 4) is 5.75 Å². The molecule has 2 aromatic carbocycles. The summed E-state index contributed by atoms with van der Waals surface area (Å²) in [5.74, 6) is 0.431. The lowest BCUT2D eigenvalue weighted by atomic mass is 10.2. The van der Waals surface area contributed by atoms with Gasteiger partial charge in [-0.15, -0.1) is 0 Å². The molecule has 0 aliphatic carbocycles. The lowest BCUT2D eigenvalue weighted by molar-refractivity contribution is 0.244. The zero-order valence-corrected chi connectivity index (χ0v) is 12.2. The first kappa shape index (κ1) is 15.6. The third kappa shape index (κ3) is 4.63. The quantitative estimate of drug-likeness (QED) is 0.890. The fraction of sp³-hybridized carbons (Fsp3) is 0.118. The summed E-state index contributed by atoms with van der Waals surface area (Å²) in [5.41, 5.74) is 1.69. The van der Waals surface area contributed by atoms with E-state index in [1.807, 2.05) is 24.3 Å². The van der Waals surface area contributed by atoms with Crippen LogP contribution in [0.3, 0.4) is 0 Å². The van der Waals surface area contributed by atoms with Crippen molar-refractivity contribution >= 4 is 12.1 Å². The zero-order valence-electron chi connectivity index (χ0n) is 12.2. The highest BCUT2D eigenvalue weighted by Crippen LogP contribution is 2.18. The van der Waals surface area contributed by atoms with Crippen molar-refractivity contribution < 1.29 is 13.9 Å². The maximum absolute atomic E-state index is 12.8. The van der Waals surface area contributed by atoms with Gasteiger partial charge in [0.15, 0.2) is 0 Å². The number of benzene rings is 2. The van der Waals surface area contributed by atoms with Crippen LogP contribution < -0.4 is 15.4 Å². The normalized spacial score (nSPS) is 10.5. The van der Waals surface area contributed by atoms with Crippen LogP contribution in [0, 0.1) is 5.82 Å². The van der Waals surface area contributed by atoms with Crippen LogP contribution in [0.2, 0.25) is 0 Å². The number of amides is 2. The maximum atomic E-state index is 12.8. The van der Waals surface area contributed by atoms with Gasteiger partial charge in [-0.25, -0.2) is 9.18 Å². The Labute approximate surface area is 128 Å². The van der Waals surface area contributed by atoms with Crippen LogP contribution in [0.4, 0.5) is 9.18 Å². The molecule has 2 aromatic rings. The van der Waals surface area contributed by atoms with Gasteiger partial charge < -0.3 is 15.4 Å². The highest BCUT2D eigenvalue weighted by molar-refractivity contribution is 5.76. The molecule has 0 radical (unpaired) electrons. The van der Waals surface area contributed by atoms with Gasteiger partial charge in [0.1, 0.15) is 11.6 Å². The topological polar surface area (TPSA) is 50.4 Å². The number of para-hydroxylation sites is 1. The number of hydrogen-bond acceptors (Lipinski definition) is 2. The highest BCUT2D eigenvalue weighted by Gasteiger charge is 1.99. The van der Waals surface area contributed by atoms with Gasteiger partial charge in [-0.2, -0.15) is 0 Å². The molecule has 0 atom stereocenters. The molecule has 2 amide bonds. The van der Waals surface area contributed by atoms with Crippen molar-refractivity contribution in [1.29, 1.82) is 0 Å². The summed E-state index contributed by atoms with van der Waals surface area (Å²) in [4.78, 5) is 11.6. The van der Waals surface area contributed by atoms with Crippen LogP contribution >= 0.6 is 0 Å². The van der Waals surface area contributed by atoms with E-state index in [9.17, 15) is 9.18 Å². The van der Waals surface area contributed by atoms with Crippen LogP contribution in [-0.4, -0.2) is 13.1 Å². The maximum Gasteiger partial charge on any atom is 0.319 e. The number of carbonyl (C=O) groups is 1. The lowest BCUT2D eigenvalue weighted by Crippen LogP contribution is -2.31.